The largest absolute Gasteiger partial charge is 0.363 e. The van der Waals surface area contributed by atoms with Gasteiger partial charge >= 0.3 is 0 Å². The van der Waals surface area contributed by atoms with Crippen molar-refractivity contribution >= 4 is 0 Å². The van der Waals surface area contributed by atoms with Crippen LogP contribution in [0.3, 0.4) is 0 Å². The molecule has 0 aliphatic carbocycles. The van der Waals surface area contributed by atoms with Gasteiger partial charge in [0.15, 0.2) is 0 Å². The molecule has 0 aromatic carbocycles. The van der Waals surface area contributed by atoms with E-state index in [0.717, 1.165) is 39.1 Å². The number of rotatable bonds is 21. The van der Waals surface area contributed by atoms with E-state index in [1.807, 2.05) is 0 Å². The van der Waals surface area contributed by atoms with Gasteiger partial charge in [0.05, 0.1) is 0 Å². The van der Waals surface area contributed by atoms with Gasteiger partial charge in [-0.3, -0.25) is 0 Å². The van der Waals surface area contributed by atoms with Crippen molar-refractivity contribution in [2.45, 2.75) is 137 Å². The molecule has 0 saturated heterocycles. The summed E-state index contributed by atoms with van der Waals surface area (Å²) in [6.45, 7) is 15.5. The zero-order chi connectivity index (χ0) is 21.0. The summed E-state index contributed by atoms with van der Waals surface area (Å²) in [7, 11) is 0. The highest BCUT2D eigenvalue weighted by Crippen LogP contribution is 2.16. The van der Waals surface area contributed by atoms with Crippen molar-refractivity contribution in [1.29, 1.82) is 0 Å². The van der Waals surface area contributed by atoms with E-state index in [1.54, 1.807) is 0 Å². The van der Waals surface area contributed by atoms with E-state index in [1.165, 1.54) is 57.8 Å². The van der Waals surface area contributed by atoms with Crippen LogP contribution in [0.25, 0.3) is 0 Å². The van der Waals surface area contributed by atoms with E-state index in [2.05, 4.69) is 46.4 Å². The predicted octanol–water partition coefficient (Wildman–Crippen LogP) is 7.12. The first kappa shape index (κ1) is 27.8. The molecule has 0 aliphatic heterocycles. The lowest BCUT2D eigenvalue weighted by Gasteiger charge is -2.38. The first-order chi connectivity index (χ1) is 13.6. The van der Waals surface area contributed by atoms with Gasteiger partial charge < -0.3 is 14.2 Å². The fourth-order valence-electron chi connectivity index (χ4n) is 3.49. The fraction of sp³-hybridized carbons (Fsp3) is 1.00. The van der Waals surface area contributed by atoms with Crippen LogP contribution in [0.1, 0.15) is 119 Å². The van der Waals surface area contributed by atoms with Gasteiger partial charge in [0.1, 0.15) is 18.7 Å². The number of ether oxygens (including phenoxy) is 3. The van der Waals surface area contributed by atoms with Gasteiger partial charge in [-0.1, -0.05) is 78.6 Å². The van der Waals surface area contributed by atoms with Crippen LogP contribution in [0.5, 0.6) is 0 Å². The second kappa shape index (κ2) is 20.1. The fourth-order valence-corrected chi connectivity index (χ4v) is 3.49. The van der Waals surface area contributed by atoms with Crippen molar-refractivity contribution in [3.8, 4) is 0 Å². The van der Waals surface area contributed by atoms with E-state index in [-0.39, 0.29) is 18.7 Å². The molecule has 3 unspecified atom stereocenters. The van der Waals surface area contributed by atoms with Gasteiger partial charge in [0.25, 0.3) is 0 Å². The van der Waals surface area contributed by atoms with E-state index in [4.69, 9.17) is 14.2 Å². The molecule has 0 bridgehead atoms. The van der Waals surface area contributed by atoms with Gasteiger partial charge in [0.2, 0.25) is 0 Å². The Balaban J connectivity index is 4.48. The van der Waals surface area contributed by atoms with E-state index in [9.17, 15) is 0 Å². The number of hydrogen-bond donors (Lipinski definition) is 0. The van der Waals surface area contributed by atoms with Gasteiger partial charge in [-0.15, -0.1) is 0 Å². The van der Waals surface area contributed by atoms with Crippen LogP contribution in [0.4, 0.5) is 0 Å². The molecule has 0 saturated carbocycles. The zero-order valence-corrected chi connectivity index (χ0v) is 20.0. The molecule has 0 rings (SSSR count). The summed E-state index contributed by atoms with van der Waals surface area (Å²) in [5, 5.41) is 0. The SMILES string of the molecule is CCCCCCOC(C)N(C(C)OCCCCCC)C(C)OCCCCCC. The minimum atomic E-state index is -0.00194. The summed E-state index contributed by atoms with van der Waals surface area (Å²) in [5.41, 5.74) is 0. The van der Waals surface area contributed by atoms with Crippen LogP contribution in [0, 0.1) is 0 Å². The third-order valence-corrected chi connectivity index (χ3v) is 5.33. The Kier molecular flexibility index (Phi) is 20.0. The smallest absolute Gasteiger partial charge is 0.111 e. The van der Waals surface area contributed by atoms with E-state index >= 15 is 0 Å². The Morgan fingerprint density at radius 3 is 1.00 bits per heavy atom. The Labute approximate surface area is 176 Å². The molecule has 4 heteroatoms. The van der Waals surface area contributed by atoms with Crippen molar-refractivity contribution in [3.05, 3.63) is 0 Å². The lowest BCUT2D eigenvalue weighted by molar-refractivity contribution is -0.210. The topological polar surface area (TPSA) is 30.9 Å². The van der Waals surface area contributed by atoms with Crippen LogP contribution < -0.4 is 0 Å². The van der Waals surface area contributed by atoms with E-state index < -0.39 is 0 Å². The molecule has 3 atom stereocenters. The van der Waals surface area contributed by atoms with Gasteiger partial charge in [-0.2, -0.15) is 0 Å². The van der Waals surface area contributed by atoms with Crippen LogP contribution >= 0.6 is 0 Å². The normalized spacial score (nSPS) is 15.1. The molecule has 0 aliphatic rings. The predicted molar refractivity (Wildman–Crippen MR) is 121 cm³/mol. The van der Waals surface area contributed by atoms with E-state index in [0.29, 0.717) is 0 Å². The lowest BCUT2D eigenvalue weighted by atomic mass is 10.2. The highest BCUT2D eigenvalue weighted by Gasteiger charge is 2.27. The third-order valence-electron chi connectivity index (χ3n) is 5.33. The van der Waals surface area contributed by atoms with Crippen LogP contribution in [0.15, 0.2) is 0 Å². The summed E-state index contributed by atoms with van der Waals surface area (Å²) in [4.78, 5) is 2.25. The standard InChI is InChI=1S/C24H51NO3/c1-7-10-13-16-19-26-22(4)25(23(5)27-20-17-14-11-8-2)24(6)28-21-18-15-12-9-3/h22-24H,7-21H2,1-6H3. The molecule has 0 heterocycles. The Hall–Kier alpha value is -0.160. The molecule has 28 heavy (non-hydrogen) atoms. The minimum Gasteiger partial charge on any atom is -0.363 e. The number of unbranched alkanes of at least 4 members (excludes halogenated alkanes) is 9. The second-order valence-corrected chi connectivity index (χ2v) is 8.04. The summed E-state index contributed by atoms with van der Waals surface area (Å²) in [6, 6.07) is 0. The first-order valence-electron chi connectivity index (χ1n) is 12.2. The second-order valence-electron chi connectivity index (χ2n) is 8.04. The molecule has 0 radical (unpaired) electrons. The molecule has 4 nitrogen and oxygen atoms in total. The molecule has 0 aromatic heterocycles. The van der Waals surface area contributed by atoms with Crippen molar-refractivity contribution in [1.82, 2.24) is 4.90 Å². The highest BCUT2D eigenvalue weighted by atomic mass is 16.6. The van der Waals surface area contributed by atoms with Crippen molar-refractivity contribution in [3.63, 3.8) is 0 Å². The van der Waals surface area contributed by atoms with Gasteiger partial charge in [-0.25, -0.2) is 4.90 Å². The van der Waals surface area contributed by atoms with Crippen LogP contribution in [-0.2, 0) is 14.2 Å². The maximum absolute atomic E-state index is 6.15. The van der Waals surface area contributed by atoms with Crippen molar-refractivity contribution in [2.75, 3.05) is 19.8 Å². The molecule has 0 amide bonds. The quantitative estimate of drug-likeness (QED) is 0.151. The zero-order valence-electron chi connectivity index (χ0n) is 20.0. The monoisotopic (exact) mass is 401 g/mol. The van der Waals surface area contributed by atoms with Crippen molar-refractivity contribution in [2.24, 2.45) is 0 Å². The molecular weight excluding hydrogens is 350 g/mol. The van der Waals surface area contributed by atoms with Gasteiger partial charge in [0, 0.05) is 19.8 Å². The maximum atomic E-state index is 6.15. The molecule has 0 aromatic rings. The summed E-state index contributed by atoms with van der Waals surface area (Å²) in [5.74, 6) is 0. The lowest BCUT2D eigenvalue weighted by Crippen LogP contribution is -2.49. The third kappa shape index (κ3) is 14.8. The van der Waals surface area contributed by atoms with Crippen molar-refractivity contribution < 1.29 is 14.2 Å². The first-order valence-corrected chi connectivity index (χ1v) is 12.2. The summed E-state index contributed by atoms with van der Waals surface area (Å²) >= 11 is 0. The van der Waals surface area contributed by atoms with Crippen LogP contribution in [-0.4, -0.2) is 43.4 Å². The molecule has 170 valence electrons. The molecule has 0 N–H and O–H groups in total. The Bertz CT molecular complexity index is 267. The summed E-state index contributed by atoms with van der Waals surface area (Å²) < 4.78 is 18.4. The maximum Gasteiger partial charge on any atom is 0.111 e. The number of hydrogen-bond acceptors (Lipinski definition) is 4. The molecule has 0 spiro atoms. The van der Waals surface area contributed by atoms with Gasteiger partial charge in [-0.05, 0) is 40.0 Å². The highest BCUT2D eigenvalue weighted by molar-refractivity contribution is 4.65. The number of nitrogens with zero attached hydrogens (tertiary/aromatic N) is 1. The average Bonchev–Trinajstić information content (AvgIpc) is 2.67. The average molecular weight is 402 g/mol. The van der Waals surface area contributed by atoms with Crippen LogP contribution in [0.2, 0.25) is 0 Å². The Morgan fingerprint density at radius 2 is 0.750 bits per heavy atom. The minimum absolute atomic E-state index is 0.00194. The molecule has 0 fully saturated rings. The molecular formula is C24H51NO3. The Morgan fingerprint density at radius 1 is 0.464 bits per heavy atom. The summed E-state index contributed by atoms with van der Waals surface area (Å²) in [6.07, 6.45) is 14.8.